The molecule has 3 aromatic carbocycles. The summed E-state index contributed by atoms with van der Waals surface area (Å²) >= 11 is 0. The molecule has 3 aromatic rings. The van der Waals surface area contributed by atoms with Crippen LogP contribution in [0.2, 0.25) is 0 Å². The molecule has 0 heterocycles. The average molecular weight is 336 g/mol. The number of benzene rings is 3. The fourth-order valence-corrected chi connectivity index (χ4v) is 2.47. The predicted molar refractivity (Wildman–Crippen MR) is 99.5 cm³/mol. The van der Waals surface area contributed by atoms with Crippen LogP contribution in [0.25, 0.3) is 10.8 Å². The summed E-state index contributed by atoms with van der Waals surface area (Å²) in [6.45, 7) is 0.798. The first-order valence-electron chi connectivity index (χ1n) is 8.05. The maximum absolute atomic E-state index is 11.9. The zero-order valence-corrected chi connectivity index (χ0v) is 14.0. The Morgan fingerprint density at radius 2 is 1.76 bits per heavy atom. The van der Waals surface area contributed by atoms with Gasteiger partial charge >= 0.3 is 6.03 Å². The van der Waals surface area contributed by atoms with Crippen molar-refractivity contribution in [2.75, 3.05) is 25.6 Å². The zero-order chi connectivity index (χ0) is 17.5. The molecule has 0 bridgehead atoms. The number of anilines is 1. The van der Waals surface area contributed by atoms with E-state index in [0.29, 0.717) is 24.6 Å². The van der Waals surface area contributed by atoms with Gasteiger partial charge in [0.15, 0.2) is 0 Å². The molecule has 0 saturated heterocycles. The van der Waals surface area contributed by atoms with E-state index < -0.39 is 0 Å². The van der Waals surface area contributed by atoms with Gasteiger partial charge in [-0.2, -0.15) is 0 Å². The molecule has 128 valence electrons. The number of amides is 2. The van der Waals surface area contributed by atoms with E-state index in [2.05, 4.69) is 16.7 Å². The van der Waals surface area contributed by atoms with Crippen molar-refractivity contribution < 1.29 is 14.3 Å². The standard InChI is InChI=1S/C20H20N2O3/c1-24-18-8-4-7-17(14-18)22-20(23)21-11-12-25-19-10-9-15-5-2-3-6-16(15)13-19/h2-10,13-14H,11-12H2,1H3,(H2,21,22,23). The Bertz CT molecular complexity index is 864. The highest BCUT2D eigenvalue weighted by molar-refractivity contribution is 5.89. The van der Waals surface area contributed by atoms with Crippen molar-refractivity contribution >= 4 is 22.5 Å². The van der Waals surface area contributed by atoms with Crippen molar-refractivity contribution in [3.05, 3.63) is 66.7 Å². The molecule has 0 aliphatic carbocycles. The number of hydrogen-bond donors (Lipinski definition) is 2. The first-order chi connectivity index (χ1) is 12.2. The van der Waals surface area contributed by atoms with Crippen molar-refractivity contribution in [1.29, 1.82) is 0 Å². The fraction of sp³-hybridized carbons (Fsp3) is 0.150. The second-order valence-corrected chi connectivity index (χ2v) is 5.47. The van der Waals surface area contributed by atoms with Gasteiger partial charge in [0.2, 0.25) is 0 Å². The summed E-state index contributed by atoms with van der Waals surface area (Å²) in [5.41, 5.74) is 0.673. The summed E-state index contributed by atoms with van der Waals surface area (Å²) in [4.78, 5) is 11.9. The SMILES string of the molecule is COc1cccc(NC(=O)NCCOc2ccc3ccccc3c2)c1. The van der Waals surface area contributed by atoms with Crippen LogP contribution in [-0.4, -0.2) is 26.3 Å². The van der Waals surface area contributed by atoms with Gasteiger partial charge in [-0.3, -0.25) is 0 Å². The van der Waals surface area contributed by atoms with Gasteiger partial charge in [-0.15, -0.1) is 0 Å². The van der Waals surface area contributed by atoms with Gasteiger partial charge < -0.3 is 20.1 Å². The molecular formula is C20H20N2O3. The Kier molecular flexibility index (Phi) is 5.36. The number of fused-ring (bicyclic) bond motifs is 1. The van der Waals surface area contributed by atoms with Crippen molar-refractivity contribution in [3.8, 4) is 11.5 Å². The van der Waals surface area contributed by atoms with E-state index in [1.807, 2.05) is 48.5 Å². The number of nitrogens with one attached hydrogen (secondary N) is 2. The van der Waals surface area contributed by atoms with Gasteiger partial charge in [0.1, 0.15) is 18.1 Å². The third-order valence-corrected chi connectivity index (χ3v) is 3.70. The summed E-state index contributed by atoms with van der Waals surface area (Å²) in [5, 5.41) is 7.81. The minimum atomic E-state index is -0.282. The van der Waals surface area contributed by atoms with E-state index >= 15 is 0 Å². The highest BCUT2D eigenvalue weighted by Crippen LogP contribution is 2.20. The normalized spacial score (nSPS) is 10.3. The van der Waals surface area contributed by atoms with Crippen LogP contribution < -0.4 is 20.1 Å². The van der Waals surface area contributed by atoms with Crippen molar-refractivity contribution in [2.24, 2.45) is 0 Å². The lowest BCUT2D eigenvalue weighted by Crippen LogP contribution is -2.32. The first kappa shape index (κ1) is 16.6. The van der Waals surface area contributed by atoms with E-state index in [1.54, 1.807) is 19.2 Å². The Balaban J connectivity index is 1.44. The van der Waals surface area contributed by atoms with Crippen LogP contribution in [0.15, 0.2) is 66.7 Å². The lowest BCUT2D eigenvalue weighted by molar-refractivity contribution is 0.247. The molecule has 0 fully saturated rings. The molecule has 3 rings (SSSR count). The van der Waals surface area contributed by atoms with Gasteiger partial charge in [0, 0.05) is 11.8 Å². The molecule has 0 unspecified atom stereocenters. The number of carbonyl (C=O) groups excluding carboxylic acids is 1. The third kappa shape index (κ3) is 4.64. The molecule has 0 radical (unpaired) electrons. The van der Waals surface area contributed by atoms with Crippen LogP contribution in [0.1, 0.15) is 0 Å². The van der Waals surface area contributed by atoms with Gasteiger partial charge in [0.25, 0.3) is 0 Å². The molecule has 5 heteroatoms. The van der Waals surface area contributed by atoms with E-state index in [9.17, 15) is 4.79 Å². The van der Waals surface area contributed by atoms with Gasteiger partial charge in [0.05, 0.1) is 13.7 Å². The van der Waals surface area contributed by atoms with E-state index in [1.165, 1.54) is 5.39 Å². The van der Waals surface area contributed by atoms with E-state index in [4.69, 9.17) is 9.47 Å². The number of methoxy groups -OCH3 is 1. The summed E-state index contributed by atoms with van der Waals surface area (Å²) in [6.07, 6.45) is 0. The second-order valence-electron chi connectivity index (χ2n) is 5.47. The molecule has 2 N–H and O–H groups in total. The van der Waals surface area contributed by atoms with Crippen LogP contribution in [-0.2, 0) is 0 Å². The molecule has 0 saturated carbocycles. The lowest BCUT2D eigenvalue weighted by Gasteiger charge is -2.10. The molecular weight excluding hydrogens is 316 g/mol. The molecule has 2 amide bonds. The van der Waals surface area contributed by atoms with E-state index in [0.717, 1.165) is 11.1 Å². The number of rotatable bonds is 6. The smallest absolute Gasteiger partial charge is 0.319 e. The number of urea groups is 1. The van der Waals surface area contributed by atoms with Gasteiger partial charge in [-0.1, -0.05) is 36.4 Å². The maximum atomic E-state index is 11.9. The van der Waals surface area contributed by atoms with Crippen molar-refractivity contribution in [1.82, 2.24) is 5.32 Å². The monoisotopic (exact) mass is 336 g/mol. The Morgan fingerprint density at radius 3 is 2.60 bits per heavy atom. The van der Waals surface area contributed by atoms with E-state index in [-0.39, 0.29) is 6.03 Å². The minimum Gasteiger partial charge on any atom is -0.497 e. The molecule has 0 spiro atoms. The quantitative estimate of drug-likeness (QED) is 0.668. The van der Waals surface area contributed by atoms with Gasteiger partial charge in [-0.25, -0.2) is 4.79 Å². The van der Waals surface area contributed by atoms with Crippen molar-refractivity contribution in [2.45, 2.75) is 0 Å². The maximum Gasteiger partial charge on any atom is 0.319 e. The number of carbonyl (C=O) groups is 1. The molecule has 25 heavy (non-hydrogen) atoms. The van der Waals surface area contributed by atoms with Crippen molar-refractivity contribution in [3.63, 3.8) is 0 Å². The summed E-state index contributed by atoms with van der Waals surface area (Å²) in [6, 6.07) is 21.0. The molecule has 0 aromatic heterocycles. The highest BCUT2D eigenvalue weighted by atomic mass is 16.5. The summed E-state index contributed by atoms with van der Waals surface area (Å²) in [5.74, 6) is 1.48. The first-order valence-corrected chi connectivity index (χ1v) is 8.05. The third-order valence-electron chi connectivity index (χ3n) is 3.70. The van der Waals surface area contributed by atoms with Crippen LogP contribution in [0.3, 0.4) is 0 Å². The molecule has 5 nitrogen and oxygen atoms in total. The zero-order valence-electron chi connectivity index (χ0n) is 14.0. The second kappa shape index (κ2) is 8.06. The Morgan fingerprint density at radius 1 is 0.920 bits per heavy atom. The molecule has 0 aliphatic heterocycles. The van der Waals surface area contributed by atoms with Gasteiger partial charge in [-0.05, 0) is 35.0 Å². The summed E-state index contributed by atoms with van der Waals surface area (Å²) in [7, 11) is 1.59. The number of hydrogen-bond acceptors (Lipinski definition) is 3. The fourth-order valence-electron chi connectivity index (χ4n) is 2.47. The number of ether oxygens (including phenoxy) is 2. The topological polar surface area (TPSA) is 59.6 Å². The highest BCUT2D eigenvalue weighted by Gasteiger charge is 2.03. The van der Waals surface area contributed by atoms with Crippen LogP contribution in [0.5, 0.6) is 11.5 Å². The largest absolute Gasteiger partial charge is 0.497 e. The average Bonchev–Trinajstić information content (AvgIpc) is 2.65. The predicted octanol–water partition coefficient (Wildman–Crippen LogP) is 4.05. The molecule has 0 aliphatic rings. The Labute approximate surface area is 146 Å². The minimum absolute atomic E-state index is 0.282. The molecule has 0 atom stereocenters. The van der Waals surface area contributed by atoms with Crippen LogP contribution in [0.4, 0.5) is 10.5 Å². The van der Waals surface area contributed by atoms with Crippen LogP contribution in [0, 0.1) is 0 Å². The lowest BCUT2D eigenvalue weighted by atomic mass is 10.1. The summed E-state index contributed by atoms with van der Waals surface area (Å²) < 4.78 is 10.8. The van der Waals surface area contributed by atoms with Crippen LogP contribution >= 0.6 is 0 Å². The Hall–Kier alpha value is -3.21.